The van der Waals surface area contributed by atoms with Crippen LogP contribution in [0.4, 0.5) is 0 Å². The van der Waals surface area contributed by atoms with Crippen molar-refractivity contribution in [2.45, 2.75) is 32.1 Å². The second-order valence-electron chi connectivity index (χ2n) is 5.14. The number of hydrazine groups is 1. The maximum Gasteiger partial charge on any atom is 0.120 e. The second-order valence-corrected chi connectivity index (χ2v) is 5.14. The highest BCUT2D eigenvalue weighted by atomic mass is 16.1. The molecule has 1 atom stereocenters. The molecule has 21 heavy (non-hydrogen) atoms. The van der Waals surface area contributed by atoms with E-state index in [2.05, 4.69) is 59.8 Å². The molecule has 1 aromatic rings. The van der Waals surface area contributed by atoms with Gasteiger partial charge in [0.1, 0.15) is 5.94 Å². The monoisotopic (exact) mass is 286 g/mol. The van der Waals surface area contributed by atoms with Crippen LogP contribution in [0.3, 0.4) is 0 Å². The van der Waals surface area contributed by atoms with E-state index in [1.807, 2.05) is 7.05 Å². The molecule has 0 aliphatic heterocycles. The lowest BCUT2D eigenvalue weighted by Crippen LogP contribution is -2.35. The summed E-state index contributed by atoms with van der Waals surface area (Å²) in [4.78, 5) is 10.1. The lowest BCUT2D eigenvalue weighted by Gasteiger charge is -2.17. The molecule has 0 radical (unpaired) electrons. The van der Waals surface area contributed by atoms with E-state index in [9.17, 15) is 4.79 Å². The Morgan fingerprint density at radius 2 is 2.00 bits per heavy atom. The molecule has 0 bridgehead atoms. The normalized spacial score (nSPS) is 12.5. The van der Waals surface area contributed by atoms with Crippen molar-refractivity contribution in [3.63, 3.8) is 0 Å². The van der Waals surface area contributed by atoms with Gasteiger partial charge in [0.2, 0.25) is 0 Å². The standard InChI is InChI=1S/C18H26N2O/c1-17(18-12-6-3-7-13-18)11-5-4-8-14-20(19-2)15-9-10-16-21/h3-4,6-8,10,12-13,17,19H,5,9,11,14-15H2,1-2H3/b8-4+. The van der Waals surface area contributed by atoms with Gasteiger partial charge in [-0.05, 0) is 37.8 Å². The lowest BCUT2D eigenvalue weighted by molar-refractivity contribution is 0.236. The van der Waals surface area contributed by atoms with Gasteiger partial charge in [-0.1, -0.05) is 49.4 Å². The zero-order valence-electron chi connectivity index (χ0n) is 13.1. The fraction of sp³-hybridized carbons (Fsp3) is 0.444. The average molecular weight is 286 g/mol. The summed E-state index contributed by atoms with van der Waals surface area (Å²) >= 11 is 0. The van der Waals surface area contributed by atoms with E-state index in [1.165, 1.54) is 11.6 Å². The van der Waals surface area contributed by atoms with Crippen molar-refractivity contribution in [1.82, 2.24) is 10.4 Å². The zero-order chi connectivity index (χ0) is 15.3. The summed E-state index contributed by atoms with van der Waals surface area (Å²) in [5.74, 6) is 2.40. The second kappa shape index (κ2) is 11.0. The van der Waals surface area contributed by atoms with Gasteiger partial charge in [-0.3, -0.25) is 5.43 Å². The Bertz CT molecular complexity index is 450. The van der Waals surface area contributed by atoms with Gasteiger partial charge in [-0.15, -0.1) is 0 Å². The summed E-state index contributed by atoms with van der Waals surface area (Å²) in [6.07, 6.45) is 8.91. The van der Waals surface area contributed by atoms with Crippen molar-refractivity contribution in [2.75, 3.05) is 20.1 Å². The first-order valence-electron chi connectivity index (χ1n) is 7.59. The summed E-state index contributed by atoms with van der Waals surface area (Å²) < 4.78 is 0. The Morgan fingerprint density at radius 1 is 1.24 bits per heavy atom. The fourth-order valence-corrected chi connectivity index (χ4v) is 2.19. The Morgan fingerprint density at radius 3 is 2.67 bits per heavy atom. The van der Waals surface area contributed by atoms with Gasteiger partial charge in [0.05, 0.1) is 0 Å². The first-order valence-corrected chi connectivity index (χ1v) is 7.59. The van der Waals surface area contributed by atoms with E-state index < -0.39 is 0 Å². The van der Waals surface area contributed by atoms with Crippen LogP contribution in [0, 0.1) is 0 Å². The number of nitrogens with zero attached hydrogens (tertiary/aromatic N) is 1. The number of carbonyl (C=O) groups excluding carboxylic acids is 1. The maximum atomic E-state index is 10.1. The van der Waals surface area contributed by atoms with Crippen LogP contribution in [0.25, 0.3) is 0 Å². The summed E-state index contributed by atoms with van der Waals surface area (Å²) in [7, 11) is 1.90. The number of hydrogen-bond donors (Lipinski definition) is 1. The molecule has 3 heteroatoms. The van der Waals surface area contributed by atoms with Crippen LogP contribution in [-0.4, -0.2) is 31.1 Å². The molecule has 1 aromatic carbocycles. The maximum absolute atomic E-state index is 10.1. The highest BCUT2D eigenvalue weighted by Gasteiger charge is 2.03. The molecule has 1 unspecified atom stereocenters. The van der Waals surface area contributed by atoms with Crippen LogP contribution in [0.2, 0.25) is 0 Å². The van der Waals surface area contributed by atoms with Crippen LogP contribution in [-0.2, 0) is 4.79 Å². The number of nitrogens with one attached hydrogen (secondary N) is 1. The molecular weight excluding hydrogens is 260 g/mol. The zero-order valence-corrected chi connectivity index (χ0v) is 13.1. The molecule has 0 aromatic heterocycles. The molecule has 0 saturated heterocycles. The predicted octanol–water partition coefficient (Wildman–Crippen LogP) is 3.34. The van der Waals surface area contributed by atoms with Crippen LogP contribution in [0.5, 0.6) is 0 Å². The van der Waals surface area contributed by atoms with E-state index in [0.29, 0.717) is 5.92 Å². The summed E-state index contributed by atoms with van der Waals surface area (Å²) in [5.41, 5.74) is 4.52. The summed E-state index contributed by atoms with van der Waals surface area (Å²) in [6, 6.07) is 10.6. The van der Waals surface area contributed by atoms with Gasteiger partial charge in [0, 0.05) is 19.2 Å². The predicted molar refractivity (Wildman–Crippen MR) is 88.7 cm³/mol. The SMILES string of the molecule is CNN(C/C=C/CCC(C)c1ccccc1)CCC=C=O. The lowest BCUT2D eigenvalue weighted by atomic mass is 9.96. The van der Waals surface area contributed by atoms with Crippen LogP contribution in [0.15, 0.2) is 48.6 Å². The molecule has 0 heterocycles. The molecule has 0 saturated carbocycles. The summed E-state index contributed by atoms with van der Waals surface area (Å²) in [6.45, 7) is 3.94. The third-order valence-corrected chi connectivity index (χ3v) is 3.57. The number of rotatable bonds is 10. The number of hydrogen-bond acceptors (Lipinski definition) is 3. The Balaban J connectivity index is 2.23. The van der Waals surface area contributed by atoms with E-state index in [4.69, 9.17) is 0 Å². The molecule has 0 amide bonds. The van der Waals surface area contributed by atoms with Crippen LogP contribution in [0.1, 0.15) is 37.7 Å². The number of allylic oxidation sites excluding steroid dienone is 1. The van der Waals surface area contributed by atoms with Crippen molar-refractivity contribution in [2.24, 2.45) is 0 Å². The van der Waals surface area contributed by atoms with E-state index in [1.54, 1.807) is 5.94 Å². The van der Waals surface area contributed by atoms with Gasteiger partial charge in [0.25, 0.3) is 0 Å². The highest BCUT2D eigenvalue weighted by Crippen LogP contribution is 2.20. The Hall–Kier alpha value is -1.67. The quantitative estimate of drug-likeness (QED) is 0.407. The first kappa shape index (κ1) is 17.4. The largest absolute Gasteiger partial charge is 0.258 e. The Labute approximate surface area is 128 Å². The van der Waals surface area contributed by atoms with Crippen molar-refractivity contribution >= 4 is 5.94 Å². The minimum Gasteiger partial charge on any atom is -0.258 e. The van der Waals surface area contributed by atoms with Crippen molar-refractivity contribution in [3.8, 4) is 0 Å². The molecule has 0 fully saturated rings. The van der Waals surface area contributed by atoms with E-state index in [0.717, 1.165) is 32.4 Å². The molecule has 1 rings (SSSR count). The molecule has 0 spiro atoms. The van der Waals surface area contributed by atoms with Crippen LogP contribution >= 0.6 is 0 Å². The topological polar surface area (TPSA) is 32.3 Å². The van der Waals surface area contributed by atoms with Gasteiger partial charge in [0.15, 0.2) is 0 Å². The van der Waals surface area contributed by atoms with E-state index >= 15 is 0 Å². The molecule has 3 nitrogen and oxygen atoms in total. The fourth-order valence-electron chi connectivity index (χ4n) is 2.19. The third kappa shape index (κ3) is 7.62. The highest BCUT2D eigenvalue weighted by molar-refractivity contribution is 5.44. The average Bonchev–Trinajstić information content (AvgIpc) is 2.53. The molecule has 114 valence electrons. The molecule has 0 aliphatic carbocycles. The van der Waals surface area contributed by atoms with Gasteiger partial charge in [-0.2, -0.15) is 0 Å². The van der Waals surface area contributed by atoms with Crippen molar-refractivity contribution < 1.29 is 4.79 Å². The molecular formula is C18H26N2O. The van der Waals surface area contributed by atoms with Crippen molar-refractivity contribution in [1.29, 1.82) is 0 Å². The summed E-state index contributed by atoms with van der Waals surface area (Å²) in [5, 5.41) is 2.07. The van der Waals surface area contributed by atoms with E-state index in [-0.39, 0.29) is 0 Å². The Kier molecular flexibility index (Phi) is 9.14. The minimum absolute atomic E-state index is 0.592. The van der Waals surface area contributed by atoms with Gasteiger partial charge >= 0.3 is 0 Å². The van der Waals surface area contributed by atoms with Gasteiger partial charge in [-0.25, -0.2) is 9.80 Å². The molecule has 0 aliphatic rings. The molecule has 1 N–H and O–H groups in total. The third-order valence-electron chi connectivity index (χ3n) is 3.57. The first-order chi connectivity index (χ1) is 10.3. The van der Waals surface area contributed by atoms with Crippen LogP contribution < -0.4 is 5.43 Å². The van der Waals surface area contributed by atoms with Gasteiger partial charge < -0.3 is 0 Å². The number of benzene rings is 1. The van der Waals surface area contributed by atoms with Crippen molar-refractivity contribution in [3.05, 3.63) is 54.1 Å². The smallest absolute Gasteiger partial charge is 0.120 e. The minimum atomic E-state index is 0.592.